The highest BCUT2D eigenvalue weighted by atomic mass is 17.2. The van der Waals surface area contributed by atoms with Crippen LogP contribution >= 0.6 is 0 Å². The molecule has 0 bridgehead atoms. The lowest BCUT2D eigenvalue weighted by atomic mass is 10.2. The molecule has 0 unspecified atom stereocenters. The summed E-state index contributed by atoms with van der Waals surface area (Å²) in [5.41, 5.74) is -0.174. The van der Waals surface area contributed by atoms with Gasteiger partial charge in [0, 0.05) is 0 Å². The van der Waals surface area contributed by atoms with Crippen molar-refractivity contribution in [2.45, 2.75) is 71.0 Å². The van der Waals surface area contributed by atoms with Crippen LogP contribution in [0.2, 0.25) is 0 Å². The predicted molar refractivity (Wildman–Crippen MR) is 53.4 cm³/mol. The molecule has 1 saturated carbocycles. The van der Waals surface area contributed by atoms with Gasteiger partial charge in [0.2, 0.25) is 0 Å². The Balaban J connectivity index is 2.19. The zero-order valence-corrected chi connectivity index (χ0v) is 9.14. The van der Waals surface area contributed by atoms with Gasteiger partial charge in [-0.1, -0.05) is 25.7 Å². The maximum absolute atomic E-state index is 5.43. The van der Waals surface area contributed by atoms with Gasteiger partial charge in [-0.05, 0) is 33.6 Å². The fraction of sp³-hybridized carbons (Fsp3) is 1.00. The van der Waals surface area contributed by atoms with Crippen LogP contribution in [0.1, 0.15) is 59.3 Å². The minimum Gasteiger partial charge on any atom is -0.233 e. The Kier molecular flexibility index (Phi) is 4.20. The van der Waals surface area contributed by atoms with Gasteiger partial charge in [0.1, 0.15) is 0 Å². The Morgan fingerprint density at radius 1 is 0.923 bits per heavy atom. The molecular formula is C11H22O2. The van der Waals surface area contributed by atoms with Gasteiger partial charge in [-0.2, -0.15) is 0 Å². The van der Waals surface area contributed by atoms with Crippen molar-refractivity contribution in [1.29, 1.82) is 0 Å². The van der Waals surface area contributed by atoms with Crippen molar-refractivity contribution in [3.05, 3.63) is 0 Å². The van der Waals surface area contributed by atoms with E-state index in [0.717, 1.165) is 12.8 Å². The Morgan fingerprint density at radius 3 is 1.92 bits per heavy atom. The Labute approximate surface area is 81.5 Å². The van der Waals surface area contributed by atoms with Crippen molar-refractivity contribution in [3.8, 4) is 0 Å². The molecule has 0 spiro atoms. The van der Waals surface area contributed by atoms with Crippen molar-refractivity contribution in [2.24, 2.45) is 0 Å². The number of hydrogen-bond acceptors (Lipinski definition) is 2. The first-order valence-electron chi connectivity index (χ1n) is 5.42. The van der Waals surface area contributed by atoms with Crippen molar-refractivity contribution >= 4 is 0 Å². The minimum absolute atomic E-state index is 0.174. The van der Waals surface area contributed by atoms with Gasteiger partial charge in [-0.15, -0.1) is 0 Å². The average Bonchev–Trinajstić information content (AvgIpc) is 2.26. The van der Waals surface area contributed by atoms with E-state index in [1.807, 2.05) is 20.8 Å². The topological polar surface area (TPSA) is 18.5 Å². The minimum atomic E-state index is -0.174. The van der Waals surface area contributed by atoms with E-state index in [2.05, 4.69) is 0 Å². The SMILES string of the molecule is CC(C)(C)OOC1CCCCCC1. The van der Waals surface area contributed by atoms with E-state index in [-0.39, 0.29) is 5.60 Å². The van der Waals surface area contributed by atoms with Gasteiger partial charge in [-0.3, -0.25) is 0 Å². The van der Waals surface area contributed by atoms with Gasteiger partial charge in [0.15, 0.2) is 0 Å². The van der Waals surface area contributed by atoms with Gasteiger partial charge >= 0.3 is 0 Å². The second-order valence-electron chi connectivity index (χ2n) is 4.91. The maximum atomic E-state index is 5.43. The van der Waals surface area contributed by atoms with Crippen LogP contribution in [0.15, 0.2) is 0 Å². The van der Waals surface area contributed by atoms with E-state index in [4.69, 9.17) is 9.78 Å². The summed E-state index contributed by atoms with van der Waals surface area (Å²) in [6, 6.07) is 0. The third kappa shape index (κ3) is 5.27. The lowest BCUT2D eigenvalue weighted by Crippen LogP contribution is -2.24. The van der Waals surface area contributed by atoms with Crippen LogP contribution < -0.4 is 0 Å². The van der Waals surface area contributed by atoms with Crippen molar-refractivity contribution in [2.75, 3.05) is 0 Å². The fourth-order valence-electron chi connectivity index (χ4n) is 1.55. The highest BCUT2D eigenvalue weighted by molar-refractivity contribution is 4.63. The summed E-state index contributed by atoms with van der Waals surface area (Å²) in [4.78, 5) is 10.8. The second-order valence-corrected chi connectivity index (χ2v) is 4.91. The first-order chi connectivity index (χ1) is 6.08. The summed E-state index contributed by atoms with van der Waals surface area (Å²) in [7, 11) is 0. The Hall–Kier alpha value is -0.0800. The van der Waals surface area contributed by atoms with Crippen molar-refractivity contribution < 1.29 is 9.78 Å². The molecule has 0 amide bonds. The first kappa shape index (κ1) is 11.0. The zero-order valence-electron chi connectivity index (χ0n) is 9.14. The fourth-order valence-corrected chi connectivity index (χ4v) is 1.55. The van der Waals surface area contributed by atoms with Crippen molar-refractivity contribution in [1.82, 2.24) is 0 Å². The van der Waals surface area contributed by atoms with Crippen LogP contribution in [0.5, 0.6) is 0 Å². The first-order valence-corrected chi connectivity index (χ1v) is 5.42. The molecule has 0 aromatic rings. The van der Waals surface area contributed by atoms with Gasteiger partial charge in [0.05, 0.1) is 11.7 Å². The molecule has 1 rings (SSSR count). The number of hydrogen-bond donors (Lipinski definition) is 0. The summed E-state index contributed by atoms with van der Waals surface area (Å²) in [5.74, 6) is 0. The van der Waals surface area contributed by atoms with Crippen LogP contribution in [0.3, 0.4) is 0 Å². The van der Waals surface area contributed by atoms with E-state index in [1.54, 1.807) is 0 Å². The van der Waals surface area contributed by atoms with Crippen LogP contribution in [-0.4, -0.2) is 11.7 Å². The molecule has 0 aromatic heterocycles. The lowest BCUT2D eigenvalue weighted by Gasteiger charge is -2.22. The number of rotatable bonds is 2. The zero-order chi connectivity index (χ0) is 9.73. The summed E-state index contributed by atoms with van der Waals surface area (Å²) in [5, 5.41) is 0. The smallest absolute Gasteiger partial charge is 0.0952 e. The average molecular weight is 186 g/mol. The summed E-state index contributed by atoms with van der Waals surface area (Å²) >= 11 is 0. The standard InChI is InChI=1S/C11H22O2/c1-11(2,3)13-12-10-8-6-4-5-7-9-10/h10H,4-9H2,1-3H3. The van der Waals surface area contributed by atoms with Gasteiger partial charge in [0.25, 0.3) is 0 Å². The molecule has 13 heavy (non-hydrogen) atoms. The molecule has 78 valence electrons. The van der Waals surface area contributed by atoms with E-state index >= 15 is 0 Å². The molecule has 0 N–H and O–H groups in total. The van der Waals surface area contributed by atoms with Gasteiger partial charge < -0.3 is 0 Å². The molecule has 2 heteroatoms. The summed E-state index contributed by atoms with van der Waals surface area (Å²) < 4.78 is 0. The summed E-state index contributed by atoms with van der Waals surface area (Å²) in [6.45, 7) is 6.05. The second kappa shape index (κ2) is 4.97. The predicted octanol–water partition coefficient (Wildman–Crippen LogP) is 3.46. The largest absolute Gasteiger partial charge is 0.233 e. The van der Waals surface area contributed by atoms with E-state index < -0.39 is 0 Å². The summed E-state index contributed by atoms with van der Waals surface area (Å²) in [6.07, 6.45) is 7.95. The van der Waals surface area contributed by atoms with Gasteiger partial charge in [-0.25, -0.2) is 9.78 Å². The molecule has 1 aliphatic carbocycles. The molecule has 0 radical (unpaired) electrons. The highest BCUT2D eigenvalue weighted by Crippen LogP contribution is 2.21. The Morgan fingerprint density at radius 2 is 1.46 bits per heavy atom. The molecule has 1 aliphatic rings. The molecule has 0 heterocycles. The van der Waals surface area contributed by atoms with E-state index in [1.165, 1.54) is 25.7 Å². The van der Waals surface area contributed by atoms with Crippen LogP contribution in [0, 0.1) is 0 Å². The van der Waals surface area contributed by atoms with Crippen LogP contribution in [0.25, 0.3) is 0 Å². The Bertz CT molecular complexity index is 130. The normalized spacial score (nSPS) is 21.5. The monoisotopic (exact) mass is 186 g/mol. The quantitative estimate of drug-likeness (QED) is 0.373. The third-order valence-corrected chi connectivity index (χ3v) is 2.24. The molecule has 1 fully saturated rings. The molecule has 0 atom stereocenters. The molecule has 0 saturated heterocycles. The maximum Gasteiger partial charge on any atom is 0.0952 e. The van der Waals surface area contributed by atoms with Crippen molar-refractivity contribution in [3.63, 3.8) is 0 Å². The molecular weight excluding hydrogens is 164 g/mol. The van der Waals surface area contributed by atoms with Crippen LogP contribution in [0.4, 0.5) is 0 Å². The van der Waals surface area contributed by atoms with Crippen LogP contribution in [-0.2, 0) is 9.78 Å². The lowest BCUT2D eigenvalue weighted by molar-refractivity contribution is -0.374. The molecule has 0 aliphatic heterocycles. The molecule has 2 nitrogen and oxygen atoms in total. The van der Waals surface area contributed by atoms with E-state index in [9.17, 15) is 0 Å². The third-order valence-electron chi connectivity index (χ3n) is 2.24. The molecule has 0 aromatic carbocycles. The van der Waals surface area contributed by atoms with E-state index in [0.29, 0.717) is 6.10 Å². The highest BCUT2D eigenvalue weighted by Gasteiger charge is 2.18.